The van der Waals surface area contributed by atoms with Crippen LogP contribution in [0.3, 0.4) is 0 Å². The number of hydrogen-bond acceptors (Lipinski definition) is 1. The highest BCUT2D eigenvalue weighted by molar-refractivity contribution is 9.10. The number of nitrogens with zero attached hydrogens (tertiary/aromatic N) is 1. The summed E-state index contributed by atoms with van der Waals surface area (Å²) in [6.07, 6.45) is 5.55. The minimum atomic E-state index is 0.158. The molecule has 0 aromatic heterocycles. The molecule has 0 aliphatic heterocycles. The maximum atomic E-state index is 12.2. The number of halogens is 2. The van der Waals surface area contributed by atoms with E-state index in [1.807, 2.05) is 18.2 Å². The van der Waals surface area contributed by atoms with Crippen molar-refractivity contribution >= 4 is 39.1 Å². The molecular formula is C14H17BrClNO. The Morgan fingerprint density at radius 1 is 1.44 bits per heavy atom. The lowest BCUT2D eigenvalue weighted by molar-refractivity contribution is -0.119. The van der Waals surface area contributed by atoms with Gasteiger partial charge in [0.2, 0.25) is 5.91 Å². The van der Waals surface area contributed by atoms with Crippen LogP contribution in [0.25, 0.3) is 0 Å². The van der Waals surface area contributed by atoms with Crippen LogP contribution in [-0.2, 0) is 4.79 Å². The van der Waals surface area contributed by atoms with E-state index >= 15 is 0 Å². The van der Waals surface area contributed by atoms with Gasteiger partial charge in [0.1, 0.15) is 0 Å². The predicted octanol–water partition coefficient (Wildman–Crippen LogP) is 4.65. The summed E-state index contributed by atoms with van der Waals surface area (Å²) in [6, 6.07) is 5.59. The van der Waals surface area contributed by atoms with Gasteiger partial charge in [-0.25, -0.2) is 0 Å². The van der Waals surface area contributed by atoms with Crippen molar-refractivity contribution in [3.8, 4) is 0 Å². The maximum absolute atomic E-state index is 12.2. The molecule has 18 heavy (non-hydrogen) atoms. The second kappa shape index (κ2) is 6.07. The first-order chi connectivity index (χ1) is 8.58. The molecule has 1 aliphatic carbocycles. The SMILES string of the molecule is CN(C(=O)CC1CCCC1)c1ccc(Br)cc1Cl. The molecule has 0 unspecified atom stereocenters. The van der Waals surface area contributed by atoms with E-state index in [0.717, 1.165) is 10.2 Å². The van der Waals surface area contributed by atoms with Gasteiger partial charge < -0.3 is 4.90 Å². The van der Waals surface area contributed by atoms with Gasteiger partial charge in [-0.3, -0.25) is 4.79 Å². The first-order valence-electron chi connectivity index (χ1n) is 6.29. The van der Waals surface area contributed by atoms with Crippen LogP contribution in [-0.4, -0.2) is 13.0 Å². The fourth-order valence-electron chi connectivity index (χ4n) is 2.49. The number of carbonyl (C=O) groups excluding carboxylic acids is 1. The summed E-state index contributed by atoms with van der Waals surface area (Å²) >= 11 is 9.53. The van der Waals surface area contributed by atoms with Gasteiger partial charge in [0.05, 0.1) is 10.7 Å². The zero-order valence-electron chi connectivity index (χ0n) is 10.5. The fourth-order valence-corrected chi connectivity index (χ4v) is 3.29. The van der Waals surface area contributed by atoms with Gasteiger partial charge in [0, 0.05) is 17.9 Å². The summed E-state index contributed by atoms with van der Waals surface area (Å²) in [4.78, 5) is 13.9. The molecule has 0 spiro atoms. The van der Waals surface area contributed by atoms with E-state index in [1.54, 1.807) is 11.9 Å². The zero-order valence-corrected chi connectivity index (χ0v) is 12.8. The molecule has 2 nitrogen and oxygen atoms in total. The summed E-state index contributed by atoms with van der Waals surface area (Å²) in [6.45, 7) is 0. The Bertz CT molecular complexity index is 443. The molecule has 2 rings (SSSR count). The Morgan fingerprint density at radius 2 is 2.11 bits per heavy atom. The van der Waals surface area contributed by atoms with Crippen LogP contribution in [0.2, 0.25) is 5.02 Å². The lowest BCUT2D eigenvalue weighted by Crippen LogP contribution is -2.27. The van der Waals surface area contributed by atoms with Gasteiger partial charge in [-0.15, -0.1) is 0 Å². The first-order valence-corrected chi connectivity index (χ1v) is 7.46. The molecule has 1 aromatic rings. The van der Waals surface area contributed by atoms with Gasteiger partial charge in [0.25, 0.3) is 0 Å². The van der Waals surface area contributed by atoms with Crippen molar-refractivity contribution in [2.75, 3.05) is 11.9 Å². The smallest absolute Gasteiger partial charge is 0.227 e. The van der Waals surface area contributed by atoms with Gasteiger partial charge in [-0.1, -0.05) is 40.4 Å². The Hall–Kier alpha value is -0.540. The van der Waals surface area contributed by atoms with Crippen molar-refractivity contribution in [1.29, 1.82) is 0 Å². The minimum Gasteiger partial charge on any atom is -0.314 e. The van der Waals surface area contributed by atoms with Crippen LogP contribution in [0.1, 0.15) is 32.1 Å². The minimum absolute atomic E-state index is 0.158. The van der Waals surface area contributed by atoms with Crippen LogP contribution in [0.5, 0.6) is 0 Å². The molecule has 1 saturated carbocycles. The maximum Gasteiger partial charge on any atom is 0.227 e. The van der Waals surface area contributed by atoms with Crippen molar-refractivity contribution < 1.29 is 4.79 Å². The topological polar surface area (TPSA) is 20.3 Å². The molecule has 0 N–H and O–H groups in total. The number of amides is 1. The molecule has 1 aromatic carbocycles. The lowest BCUT2D eigenvalue weighted by atomic mass is 10.0. The van der Waals surface area contributed by atoms with Gasteiger partial charge in [0.15, 0.2) is 0 Å². The van der Waals surface area contributed by atoms with Crippen LogP contribution >= 0.6 is 27.5 Å². The van der Waals surface area contributed by atoms with Crippen LogP contribution in [0.15, 0.2) is 22.7 Å². The number of carbonyl (C=O) groups is 1. The highest BCUT2D eigenvalue weighted by atomic mass is 79.9. The molecule has 1 fully saturated rings. The molecule has 0 heterocycles. The second-order valence-corrected chi connectivity index (χ2v) is 6.23. The summed E-state index contributed by atoms with van der Waals surface area (Å²) in [5.41, 5.74) is 0.780. The molecule has 4 heteroatoms. The molecule has 0 bridgehead atoms. The molecular weight excluding hydrogens is 314 g/mol. The zero-order chi connectivity index (χ0) is 13.1. The number of anilines is 1. The average molecular weight is 331 g/mol. The average Bonchev–Trinajstić information content (AvgIpc) is 2.81. The van der Waals surface area contributed by atoms with Crippen LogP contribution < -0.4 is 4.90 Å². The monoisotopic (exact) mass is 329 g/mol. The normalized spacial score (nSPS) is 15.9. The Morgan fingerprint density at radius 3 is 2.72 bits per heavy atom. The van der Waals surface area contributed by atoms with Crippen molar-refractivity contribution in [2.24, 2.45) is 5.92 Å². The van der Waals surface area contributed by atoms with E-state index in [-0.39, 0.29) is 5.91 Å². The summed E-state index contributed by atoms with van der Waals surface area (Å²) in [5, 5.41) is 0.603. The van der Waals surface area contributed by atoms with Crippen molar-refractivity contribution in [3.63, 3.8) is 0 Å². The first kappa shape index (κ1) is 13.9. The molecule has 1 aliphatic rings. The van der Waals surface area contributed by atoms with Crippen LogP contribution in [0.4, 0.5) is 5.69 Å². The molecule has 1 amide bonds. The van der Waals surface area contributed by atoms with E-state index in [9.17, 15) is 4.79 Å². The number of benzene rings is 1. The van der Waals surface area contributed by atoms with E-state index in [0.29, 0.717) is 17.4 Å². The Balaban J connectivity index is 2.05. The highest BCUT2D eigenvalue weighted by Crippen LogP contribution is 2.31. The van der Waals surface area contributed by atoms with E-state index in [1.165, 1.54) is 25.7 Å². The standard InChI is InChI=1S/C14H17BrClNO/c1-17(13-7-6-11(15)9-12(13)16)14(18)8-10-4-2-3-5-10/h6-7,9-10H,2-5,8H2,1H3. The third-order valence-electron chi connectivity index (χ3n) is 3.58. The van der Waals surface area contributed by atoms with E-state index in [2.05, 4.69) is 15.9 Å². The van der Waals surface area contributed by atoms with E-state index in [4.69, 9.17) is 11.6 Å². The Kier molecular flexibility index (Phi) is 4.68. The van der Waals surface area contributed by atoms with Crippen molar-refractivity contribution in [3.05, 3.63) is 27.7 Å². The largest absolute Gasteiger partial charge is 0.314 e. The van der Waals surface area contributed by atoms with Gasteiger partial charge in [-0.05, 0) is 37.0 Å². The fraction of sp³-hybridized carbons (Fsp3) is 0.500. The third-order valence-corrected chi connectivity index (χ3v) is 4.38. The highest BCUT2D eigenvalue weighted by Gasteiger charge is 2.21. The third kappa shape index (κ3) is 3.27. The number of hydrogen-bond donors (Lipinski definition) is 0. The quantitative estimate of drug-likeness (QED) is 0.790. The summed E-state index contributed by atoms with van der Waals surface area (Å²) in [5.74, 6) is 0.722. The van der Waals surface area contributed by atoms with Crippen molar-refractivity contribution in [2.45, 2.75) is 32.1 Å². The van der Waals surface area contributed by atoms with Crippen molar-refractivity contribution in [1.82, 2.24) is 0 Å². The van der Waals surface area contributed by atoms with Gasteiger partial charge >= 0.3 is 0 Å². The Labute approximate surface area is 121 Å². The summed E-state index contributed by atoms with van der Waals surface area (Å²) in [7, 11) is 1.80. The van der Waals surface area contributed by atoms with Gasteiger partial charge in [-0.2, -0.15) is 0 Å². The number of rotatable bonds is 3. The molecule has 0 radical (unpaired) electrons. The lowest BCUT2D eigenvalue weighted by Gasteiger charge is -2.20. The molecule has 98 valence electrons. The van der Waals surface area contributed by atoms with E-state index < -0.39 is 0 Å². The molecule has 0 saturated heterocycles. The second-order valence-electron chi connectivity index (χ2n) is 4.90. The molecule has 0 atom stereocenters. The van der Waals surface area contributed by atoms with Crippen LogP contribution in [0, 0.1) is 5.92 Å². The summed E-state index contributed by atoms with van der Waals surface area (Å²) < 4.78 is 0.924. The predicted molar refractivity (Wildman–Crippen MR) is 79.1 cm³/mol.